The third-order valence-corrected chi connectivity index (χ3v) is 5.06. The number of carbonyl (C=O) groups is 1. The van der Waals surface area contributed by atoms with Crippen LogP contribution in [-0.2, 0) is 4.79 Å². The van der Waals surface area contributed by atoms with Crippen molar-refractivity contribution >= 4 is 27.4 Å². The van der Waals surface area contributed by atoms with Gasteiger partial charge in [0.2, 0.25) is 0 Å². The molecule has 6 nitrogen and oxygen atoms in total. The molecule has 4 rings (SSSR count). The number of Topliss-reactive ketones (excluding diaryl/α,β-unsaturated/α-hetero) is 1. The average Bonchev–Trinajstić information content (AvgIpc) is 2.97. The van der Waals surface area contributed by atoms with Crippen molar-refractivity contribution in [2.45, 2.75) is 32.7 Å². The molecule has 3 aromatic rings. The van der Waals surface area contributed by atoms with Gasteiger partial charge < -0.3 is 4.79 Å². The molecule has 0 saturated heterocycles. The lowest BCUT2D eigenvalue weighted by molar-refractivity contribution is -0.117. The standard InChI is InChI=1S/C20H18BrN5O/c1-12(27)6-8-17-20-25-24-13(2)26(20)18-9-7-14(21)11-15(18)19(23-17)16-5-3-4-10-22-16/h3-5,7,9-11,17H,6,8H2,1-2H3/t17-/m0/s1. The van der Waals surface area contributed by atoms with Gasteiger partial charge >= 0.3 is 0 Å². The van der Waals surface area contributed by atoms with Crippen LogP contribution in [0.4, 0.5) is 0 Å². The minimum atomic E-state index is -0.265. The molecule has 1 aromatic carbocycles. The van der Waals surface area contributed by atoms with E-state index >= 15 is 0 Å². The number of aryl methyl sites for hydroxylation is 1. The van der Waals surface area contributed by atoms with Crippen LogP contribution in [0.5, 0.6) is 0 Å². The molecule has 0 fully saturated rings. The van der Waals surface area contributed by atoms with Crippen LogP contribution >= 0.6 is 15.9 Å². The van der Waals surface area contributed by atoms with Crippen molar-refractivity contribution in [1.82, 2.24) is 19.7 Å². The number of pyridine rings is 1. The van der Waals surface area contributed by atoms with E-state index in [-0.39, 0.29) is 11.8 Å². The average molecular weight is 424 g/mol. The highest BCUT2D eigenvalue weighted by Gasteiger charge is 2.28. The number of aliphatic imine (C=N–C) groups is 1. The summed E-state index contributed by atoms with van der Waals surface area (Å²) in [5, 5.41) is 8.66. The fourth-order valence-electron chi connectivity index (χ4n) is 3.31. The number of ketones is 1. The van der Waals surface area contributed by atoms with Crippen molar-refractivity contribution in [1.29, 1.82) is 0 Å². The maximum Gasteiger partial charge on any atom is 0.162 e. The van der Waals surface area contributed by atoms with Gasteiger partial charge in [0.1, 0.15) is 17.6 Å². The van der Waals surface area contributed by atoms with E-state index in [1.54, 1.807) is 13.1 Å². The van der Waals surface area contributed by atoms with Gasteiger partial charge in [0.15, 0.2) is 5.82 Å². The van der Waals surface area contributed by atoms with E-state index in [1.165, 1.54) is 0 Å². The number of halogens is 1. The zero-order chi connectivity index (χ0) is 19.0. The summed E-state index contributed by atoms with van der Waals surface area (Å²) in [7, 11) is 0. The fraction of sp³-hybridized carbons (Fsp3) is 0.250. The zero-order valence-electron chi connectivity index (χ0n) is 15.1. The number of hydrogen-bond acceptors (Lipinski definition) is 5. The summed E-state index contributed by atoms with van der Waals surface area (Å²) in [6.07, 6.45) is 2.78. The van der Waals surface area contributed by atoms with E-state index in [9.17, 15) is 4.79 Å². The normalized spacial score (nSPS) is 15.5. The topological polar surface area (TPSA) is 73.0 Å². The Hall–Kier alpha value is -2.67. The summed E-state index contributed by atoms with van der Waals surface area (Å²) in [4.78, 5) is 21.1. The van der Waals surface area contributed by atoms with Crippen molar-refractivity contribution in [3.05, 3.63) is 70.0 Å². The third-order valence-electron chi connectivity index (χ3n) is 4.56. The molecule has 1 aliphatic rings. The summed E-state index contributed by atoms with van der Waals surface area (Å²) >= 11 is 3.57. The first-order valence-electron chi connectivity index (χ1n) is 8.75. The number of benzene rings is 1. The smallest absolute Gasteiger partial charge is 0.162 e. The van der Waals surface area contributed by atoms with Crippen LogP contribution in [0.25, 0.3) is 5.69 Å². The molecular formula is C20H18BrN5O. The quantitative estimate of drug-likeness (QED) is 0.635. The first kappa shape index (κ1) is 17.7. The number of carbonyl (C=O) groups excluding carboxylic acids is 1. The van der Waals surface area contributed by atoms with E-state index in [0.717, 1.165) is 38.8 Å². The maximum absolute atomic E-state index is 11.6. The van der Waals surface area contributed by atoms with Crippen LogP contribution in [-0.4, -0.2) is 31.2 Å². The molecule has 0 N–H and O–H groups in total. The van der Waals surface area contributed by atoms with E-state index in [1.807, 2.05) is 47.9 Å². The molecular weight excluding hydrogens is 406 g/mol. The van der Waals surface area contributed by atoms with Crippen LogP contribution in [0.1, 0.15) is 48.7 Å². The Kier molecular flexibility index (Phi) is 4.70. The highest BCUT2D eigenvalue weighted by atomic mass is 79.9. The Bertz CT molecular complexity index is 1040. The van der Waals surface area contributed by atoms with Gasteiger partial charge in [0.25, 0.3) is 0 Å². The predicted molar refractivity (Wildman–Crippen MR) is 106 cm³/mol. The summed E-state index contributed by atoms with van der Waals surface area (Å²) in [6, 6.07) is 11.6. The minimum absolute atomic E-state index is 0.136. The van der Waals surface area contributed by atoms with Gasteiger partial charge in [0.05, 0.1) is 17.1 Å². The number of aromatic nitrogens is 4. The summed E-state index contributed by atoms with van der Waals surface area (Å²) < 4.78 is 2.99. The van der Waals surface area contributed by atoms with Crippen molar-refractivity contribution < 1.29 is 4.79 Å². The zero-order valence-corrected chi connectivity index (χ0v) is 16.6. The predicted octanol–water partition coefficient (Wildman–Crippen LogP) is 3.99. The molecule has 0 amide bonds. The molecule has 7 heteroatoms. The second-order valence-corrected chi connectivity index (χ2v) is 7.47. The van der Waals surface area contributed by atoms with Crippen molar-refractivity contribution in [2.75, 3.05) is 0 Å². The highest BCUT2D eigenvalue weighted by molar-refractivity contribution is 9.10. The Morgan fingerprint density at radius 2 is 2.07 bits per heavy atom. The van der Waals surface area contributed by atoms with Gasteiger partial charge in [-0.3, -0.25) is 14.5 Å². The molecule has 1 atom stereocenters. The Morgan fingerprint density at radius 3 is 2.81 bits per heavy atom. The summed E-state index contributed by atoms with van der Waals surface area (Å²) in [5.41, 5.74) is 3.51. The van der Waals surface area contributed by atoms with Crippen molar-refractivity contribution in [3.8, 4) is 5.69 Å². The summed E-state index contributed by atoms with van der Waals surface area (Å²) in [6.45, 7) is 3.53. The maximum atomic E-state index is 11.6. The van der Waals surface area contributed by atoms with Gasteiger partial charge in [-0.1, -0.05) is 22.0 Å². The molecule has 0 saturated carbocycles. The van der Waals surface area contributed by atoms with E-state index in [2.05, 4.69) is 31.1 Å². The molecule has 27 heavy (non-hydrogen) atoms. The van der Waals surface area contributed by atoms with Gasteiger partial charge in [-0.05, 0) is 50.6 Å². The minimum Gasteiger partial charge on any atom is -0.300 e. The van der Waals surface area contributed by atoms with Crippen LogP contribution in [0.15, 0.2) is 52.1 Å². The molecule has 0 unspecified atom stereocenters. The molecule has 0 radical (unpaired) electrons. The Balaban J connectivity index is 1.97. The highest BCUT2D eigenvalue weighted by Crippen LogP contribution is 2.33. The SMILES string of the molecule is CC(=O)CC[C@@H]1N=C(c2ccccn2)c2cc(Br)ccc2-n2c(C)nnc21. The van der Waals surface area contributed by atoms with E-state index < -0.39 is 0 Å². The lowest BCUT2D eigenvalue weighted by Crippen LogP contribution is -2.09. The number of hydrogen-bond donors (Lipinski definition) is 0. The molecule has 1 aliphatic heterocycles. The van der Waals surface area contributed by atoms with Crippen LogP contribution < -0.4 is 0 Å². The summed E-state index contributed by atoms with van der Waals surface area (Å²) in [5.74, 6) is 1.68. The monoisotopic (exact) mass is 423 g/mol. The van der Waals surface area contributed by atoms with Gasteiger partial charge in [-0.25, -0.2) is 0 Å². The largest absolute Gasteiger partial charge is 0.300 e. The molecule has 136 valence electrons. The van der Waals surface area contributed by atoms with Gasteiger partial charge in [0, 0.05) is 22.7 Å². The first-order chi connectivity index (χ1) is 13.0. The number of fused-ring (bicyclic) bond motifs is 3. The van der Waals surface area contributed by atoms with Crippen LogP contribution in [0.3, 0.4) is 0 Å². The van der Waals surface area contributed by atoms with E-state index in [0.29, 0.717) is 12.8 Å². The number of rotatable bonds is 4. The second-order valence-electron chi connectivity index (χ2n) is 6.55. The van der Waals surface area contributed by atoms with E-state index in [4.69, 9.17) is 4.99 Å². The first-order valence-corrected chi connectivity index (χ1v) is 9.54. The van der Waals surface area contributed by atoms with Gasteiger partial charge in [-0.15, -0.1) is 10.2 Å². The van der Waals surface area contributed by atoms with Crippen molar-refractivity contribution in [3.63, 3.8) is 0 Å². The molecule has 2 aromatic heterocycles. The molecule has 0 spiro atoms. The second kappa shape index (κ2) is 7.15. The third kappa shape index (κ3) is 3.35. The molecule has 0 aliphatic carbocycles. The Labute approximate surface area is 165 Å². The van der Waals surface area contributed by atoms with Crippen LogP contribution in [0, 0.1) is 6.92 Å². The lowest BCUT2D eigenvalue weighted by atomic mass is 10.0. The van der Waals surface area contributed by atoms with Crippen molar-refractivity contribution in [2.24, 2.45) is 4.99 Å². The molecule has 0 bridgehead atoms. The lowest BCUT2D eigenvalue weighted by Gasteiger charge is -2.12. The van der Waals surface area contributed by atoms with Crippen LogP contribution in [0.2, 0.25) is 0 Å². The fourth-order valence-corrected chi connectivity index (χ4v) is 3.67. The van der Waals surface area contributed by atoms with Gasteiger partial charge in [-0.2, -0.15) is 0 Å². The number of nitrogens with zero attached hydrogens (tertiary/aromatic N) is 5. The molecule has 3 heterocycles. The Morgan fingerprint density at radius 1 is 1.22 bits per heavy atom.